The van der Waals surface area contributed by atoms with Gasteiger partial charge in [0.25, 0.3) is 0 Å². The molecule has 0 bridgehead atoms. The van der Waals surface area contributed by atoms with Crippen LogP contribution in [0.25, 0.3) is 0 Å². The van der Waals surface area contributed by atoms with Crippen molar-refractivity contribution in [2.45, 2.75) is 12.8 Å². The van der Waals surface area contributed by atoms with Gasteiger partial charge in [-0.25, -0.2) is 4.79 Å². The van der Waals surface area contributed by atoms with Crippen LogP contribution < -0.4 is 0 Å². The van der Waals surface area contributed by atoms with Gasteiger partial charge < -0.3 is 10.2 Å². The number of carboxylic acids is 1. The van der Waals surface area contributed by atoms with Crippen molar-refractivity contribution in [1.82, 2.24) is 0 Å². The monoisotopic (exact) mass is 164 g/mol. The predicted molar refractivity (Wildman–Crippen MR) is 31.9 cm³/mol. The van der Waals surface area contributed by atoms with Crippen LogP contribution in [0, 0.1) is 0 Å². The van der Waals surface area contributed by atoms with Gasteiger partial charge in [-0.15, -0.1) is 0 Å². The summed E-state index contributed by atoms with van der Waals surface area (Å²) in [6.07, 6.45) is -1.38. The van der Waals surface area contributed by atoms with Gasteiger partial charge in [-0.05, 0) is 6.42 Å². The third-order valence-corrected chi connectivity index (χ3v) is 0.749. The van der Waals surface area contributed by atoms with E-state index in [0.29, 0.717) is 0 Å². The maximum atomic E-state index is 9.88. The van der Waals surface area contributed by atoms with Crippen LogP contribution >= 0.6 is 0 Å². The number of carbonyl (C=O) groups is 2. The van der Waals surface area contributed by atoms with Gasteiger partial charge >= 0.3 is 12.1 Å². The lowest BCUT2D eigenvalue weighted by Gasteiger charge is -1.96. The Kier molecular flexibility index (Phi) is 4.83. The first-order chi connectivity index (χ1) is 5.13. The molecule has 0 aliphatic heterocycles. The molecule has 0 amide bonds. The van der Waals surface area contributed by atoms with Gasteiger partial charge in [0, 0.05) is 6.42 Å². The lowest BCUT2D eigenvalue weighted by atomic mass is 10.3. The molecule has 0 radical (unpaired) electrons. The van der Waals surface area contributed by atoms with Crippen LogP contribution in [0.4, 0.5) is 4.79 Å². The fourth-order valence-corrected chi connectivity index (χ4v) is 0.374. The van der Waals surface area contributed by atoms with E-state index in [1.54, 1.807) is 0 Å². The number of hydrogen-bond donors (Lipinski definition) is 2. The molecule has 11 heavy (non-hydrogen) atoms. The first-order valence-corrected chi connectivity index (χ1v) is 2.87. The molecule has 0 rings (SSSR count). The van der Waals surface area contributed by atoms with Gasteiger partial charge in [-0.2, -0.15) is 4.89 Å². The molecule has 0 saturated heterocycles. The van der Waals surface area contributed by atoms with Crippen molar-refractivity contribution in [3.8, 4) is 0 Å². The summed E-state index contributed by atoms with van der Waals surface area (Å²) in [6.45, 7) is -0.0431. The summed E-state index contributed by atoms with van der Waals surface area (Å²) in [5.74, 6) is -0.955. The number of hydrogen-bond acceptors (Lipinski definition) is 4. The molecule has 0 spiro atoms. The Hall–Kier alpha value is -1.30. The topological polar surface area (TPSA) is 93.1 Å². The number of carboxylic acid groups (broad SMARTS) is 2. The summed E-state index contributed by atoms with van der Waals surface area (Å²) in [5, 5.41) is 16.0. The largest absolute Gasteiger partial charge is 0.537 e. The summed E-state index contributed by atoms with van der Waals surface area (Å²) in [4.78, 5) is 27.2. The quantitative estimate of drug-likeness (QED) is 0.348. The molecule has 0 aromatic rings. The standard InChI is InChI=1S/C5H8O6/c6-4(7)2-1-3-10-11-5(8)9/h1-3H2,(H,6,7)(H,8,9). The van der Waals surface area contributed by atoms with E-state index in [1.807, 2.05) is 0 Å². The van der Waals surface area contributed by atoms with Gasteiger partial charge in [0.2, 0.25) is 0 Å². The molecule has 6 nitrogen and oxygen atoms in total. The van der Waals surface area contributed by atoms with Crippen LogP contribution in [0.3, 0.4) is 0 Å². The normalized spacial score (nSPS) is 9.09. The van der Waals surface area contributed by atoms with Gasteiger partial charge in [-0.1, -0.05) is 0 Å². The minimum atomic E-state index is -1.54. The molecule has 0 atom stereocenters. The van der Waals surface area contributed by atoms with Crippen molar-refractivity contribution >= 4 is 12.1 Å². The highest BCUT2D eigenvalue weighted by Gasteiger charge is 1.99. The van der Waals surface area contributed by atoms with E-state index in [0.717, 1.165) is 0 Å². The SMILES string of the molecule is O=C(O)CCCOOC(=O)O. The highest BCUT2D eigenvalue weighted by molar-refractivity contribution is 5.66. The van der Waals surface area contributed by atoms with Gasteiger partial charge in [-0.3, -0.25) is 9.68 Å². The van der Waals surface area contributed by atoms with Crippen molar-refractivity contribution in [1.29, 1.82) is 0 Å². The summed E-state index contributed by atoms with van der Waals surface area (Å²) in [5.41, 5.74) is 0. The molecule has 0 saturated carbocycles. The summed E-state index contributed by atoms with van der Waals surface area (Å²) >= 11 is 0. The van der Waals surface area contributed by atoms with Crippen molar-refractivity contribution < 1.29 is 29.6 Å². The summed E-state index contributed by atoms with van der Waals surface area (Å²) in [7, 11) is 0. The average Bonchev–Trinajstić information content (AvgIpc) is 1.85. The summed E-state index contributed by atoms with van der Waals surface area (Å²) < 4.78 is 0. The molecular weight excluding hydrogens is 156 g/mol. The Morgan fingerprint density at radius 3 is 2.36 bits per heavy atom. The van der Waals surface area contributed by atoms with Crippen molar-refractivity contribution in [3.05, 3.63) is 0 Å². The van der Waals surface area contributed by atoms with Gasteiger partial charge in [0.1, 0.15) is 0 Å². The minimum Gasteiger partial charge on any atom is -0.481 e. The molecule has 0 heterocycles. The van der Waals surface area contributed by atoms with Crippen LogP contribution in [-0.2, 0) is 14.6 Å². The maximum Gasteiger partial charge on any atom is 0.537 e. The average molecular weight is 164 g/mol. The van der Waals surface area contributed by atoms with Crippen molar-refractivity contribution in [3.63, 3.8) is 0 Å². The zero-order valence-corrected chi connectivity index (χ0v) is 5.65. The maximum absolute atomic E-state index is 9.88. The summed E-state index contributed by atoms with van der Waals surface area (Å²) in [6, 6.07) is 0. The predicted octanol–water partition coefficient (Wildman–Crippen LogP) is 0.477. The lowest BCUT2D eigenvalue weighted by molar-refractivity contribution is -0.251. The minimum absolute atomic E-state index is 0.0431. The first-order valence-electron chi connectivity index (χ1n) is 2.87. The van der Waals surface area contributed by atoms with Crippen LogP contribution in [0.5, 0.6) is 0 Å². The Morgan fingerprint density at radius 2 is 1.91 bits per heavy atom. The van der Waals surface area contributed by atoms with Crippen LogP contribution in [0.2, 0.25) is 0 Å². The zero-order chi connectivity index (χ0) is 8.69. The van der Waals surface area contributed by atoms with E-state index in [4.69, 9.17) is 10.2 Å². The molecular formula is C5H8O6. The molecule has 6 heteroatoms. The van der Waals surface area contributed by atoms with Crippen LogP contribution in [0.15, 0.2) is 0 Å². The molecule has 0 aromatic heterocycles. The smallest absolute Gasteiger partial charge is 0.481 e. The molecule has 64 valence electrons. The van der Waals surface area contributed by atoms with E-state index in [2.05, 4.69) is 9.78 Å². The van der Waals surface area contributed by atoms with E-state index in [1.165, 1.54) is 0 Å². The molecule has 0 aliphatic carbocycles. The fraction of sp³-hybridized carbons (Fsp3) is 0.600. The fourth-order valence-electron chi connectivity index (χ4n) is 0.374. The Morgan fingerprint density at radius 1 is 1.27 bits per heavy atom. The first kappa shape index (κ1) is 9.70. The third-order valence-electron chi connectivity index (χ3n) is 0.749. The van der Waals surface area contributed by atoms with Crippen molar-refractivity contribution in [2.24, 2.45) is 0 Å². The van der Waals surface area contributed by atoms with Gasteiger partial charge in [0.15, 0.2) is 0 Å². The van der Waals surface area contributed by atoms with E-state index in [-0.39, 0.29) is 19.4 Å². The van der Waals surface area contributed by atoms with E-state index in [9.17, 15) is 9.59 Å². The molecule has 0 aromatic carbocycles. The molecule has 2 N–H and O–H groups in total. The van der Waals surface area contributed by atoms with Crippen LogP contribution in [0.1, 0.15) is 12.8 Å². The second-order valence-electron chi connectivity index (χ2n) is 1.67. The van der Waals surface area contributed by atoms with Crippen LogP contribution in [-0.4, -0.2) is 28.9 Å². The number of aliphatic carboxylic acids is 1. The Bertz CT molecular complexity index is 126. The third kappa shape index (κ3) is 8.70. The molecule has 0 unspecified atom stereocenters. The Labute approximate surface area is 62.3 Å². The molecule has 0 aliphatic rings. The highest BCUT2D eigenvalue weighted by Crippen LogP contribution is 1.90. The zero-order valence-electron chi connectivity index (χ0n) is 5.65. The second kappa shape index (κ2) is 5.48. The van der Waals surface area contributed by atoms with E-state index >= 15 is 0 Å². The second-order valence-corrected chi connectivity index (χ2v) is 1.67. The molecule has 0 fully saturated rings. The Balaban J connectivity index is 3.03. The highest BCUT2D eigenvalue weighted by atomic mass is 17.2. The number of rotatable bonds is 5. The van der Waals surface area contributed by atoms with E-state index < -0.39 is 12.1 Å². The van der Waals surface area contributed by atoms with Gasteiger partial charge in [0.05, 0.1) is 6.61 Å². The lowest BCUT2D eigenvalue weighted by Crippen LogP contribution is -2.04. The van der Waals surface area contributed by atoms with Crippen molar-refractivity contribution in [2.75, 3.05) is 6.61 Å².